The summed E-state index contributed by atoms with van der Waals surface area (Å²) in [6, 6.07) is 13.6. The number of rotatable bonds is 3. The summed E-state index contributed by atoms with van der Waals surface area (Å²) < 4.78 is 7.20. The number of methoxy groups -OCH3 is 1. The number of anilines is 1. The molecule has 4 nitrogen and oxygen atoms in total. The molecule has 1 aliphatic rings. The maximum Gasteiger partial charge on any atom is 0.133 e. The maximum atomic E-state index is 6.23. The fraction of sp³-hybridized carbons (Fsp3) is 0.250. The molecule has 2 aromatic carbocycles. The van der Waals surface area contributed by atoms with Gasteiger partial charge >= 0.3 is 0 Å². The summed E-state index contributed by atoms with van der Waals surface area (Å²) in [7, 11) is 1.67. The zero-order valence-corrected chi connectivity index (χ0v) is 15.9. The third-order valence-electron chi connectivity index (χ3n) is 4.64. The molecule has 3 aromatic rings. The smallest absolute Gasteiger partial charge is 0.133 e. The van der Waals surface area contributed by atoms with Gasteiger partial charge in [-0.1, -0.05) is 23.2 Å². The molecule has 0 spiro atoms. The molecule has 0 saturated carbocycles. The first-order valence-electron chi connectivity index (χ1n) is 8.63. The topological polar surface area (TPSA) is 39.1 Å². The van der Waals surface area contributed by atoms with Gasteiger partial charge in [0.25, 0.3) is 0 Å². The second-order valence-electron chi connectivity index (χ2n) is 6.30. The van der Waals surface area contributed by atoms with E-state index in [0.29, 0.717) is 10.0 Å². The fourth-order valence-electron chi connectivity index (χ4n) is 3.29. The van der Waals surface area contributed by atoms with Crippen molar-refractivity contribution < 1.29 is 4.74 Å². The quantitative estimate of drug-likeness (QED) is 0.635. The number of nitrogens with one attached hydrogen (secondary N) is 1. The normalized spacial score (nSPS) is 13.7. The Labute approximate surface area is 162 Å². The van der Waals surface area contributed by atoms with Gasteiger partial charge in [-0.05, 0) is 61.7 Å². The minimum atomic E-state index is 0.521. The molecule has 134 valence electrons. The van der Waals surface area contributed by atoms with Crippen molar-refractivity contribution in [1.82, 2.24) is 9.78 Å². The van der Waals surface area contributed by atoms with E-state index in [1.54, 1.807) is 13.2 Å². The van der Waals surface area contributed by atoms with Crippen LogP contribution in [0.25, 0.3) is 16.9 Å². The Bertz CT molecular complexity index is 935. The SMILES string of the molecule is COc1ccc(-c2nn(-c3ccc(Cl)c(Cl)c3)c3c2CCCCN3)cc1. The molecule has 0 amide bonds. The summed E-state index contributed by atoms with van der Waals surface area (Å²) in [5.41, 5.74) is 4.19. The lowest BCUT2D eigenvalue weighted by molar-refractivity contribution is 0.415. The zero-order chi connectivity index (χ0) is 18.1. The van der Waals surface area contributed by atoms with E-state index < -0.39 is 0 Å². The standard InChI is InChI=1S/C20H19Cl2N3O/c1-26-15-8-5-13(6-9-15)19-16-4-2-3-11-23-20(16)25(24-19)14-7-10-17(21)18(22)12-14/h5-10,12,23H,2-4,11H2,1H3. The Balaban J connectivity index is 1.86. The highest BCUT2D eigenvalue weighted by Gasteiger charge is 2.22. The molecule has 6 heteroatoms. The van der Waals surface area contributed by atoms with Gasteiger partial charge < -0.3 is 10.1 Å². The van der Waals surface area contributed by atoms with Crippen LogP contribution in [0.1, 0.15) is 18.4 Å². The number of fused-ring (bicyclic) bond motifs is 1. The monoisotopic (exact) mass is 387 g/mol. The molecule has 2 heterocycles. The first kappa shape index (κ1) is 17.3. The van der Waals surface area contributed by atoms with Gasteiger partial charge in [0.05, 0.1) is 28.5 Å². The predicted molar refractivity (Wildman–Crippen MR) is 107 cm³/mol. The van der Waals surface area contributed by atoms with Crippen LogP contribution in [0.15, 0.2) is 42.5 Å². The van der Waals surface area contributed by atoms with E-state index >= 15 is 0 Å². The Hall–Kier alpha value is -2.17. The van der Waals surface area contributed by atoms with Gasteiger partial charge in [-0.15, -0.1) is 0 Å². The van der Waals surface area contributed by atoms with Crippen molar-refractivity contribution in [1.29, 1.82) is 0 Å². The van der Waals surface area contributed by atoms with Gasteiger partial charge in [-0.2, -0.15) is 5.10 Å². The Morgan fingerprint density at radius 3 is 2.58 bits per heavy atom. The van der Waals surface area contributed by atoms with Crippen LogP contribution in [-0.4, -0.2) is 23.4 Å². The molecule has 0 unspecified atom stereocenters. The van der Waals surface area contributed by atoms with Gasteiger partial charge in [0.15, 0.2) is 0 Å². The molecule has 0 fully saturated rings. The minimum absolute atomic E-state index is 0.521. The van der Waals surface area contributed by atoms with Crippen LogP contribution in [-0.2, 0) is 6.42 Å². The molecule has 0 aliphatic carbocycles. The van der Waals surface area contributed by atoms with Crippen LogP contribution in [0, 0.1) is 0 Å². The van der Waals surface area contributed by atoms with E-state index in [2.05, 4.69) is 5.32 Å². The highest BCUT2D eigenvalue weighted by molar-refractivity contribution is 6.42. The van der Waals surface area contributed by atoms with Crippen LogP contribution in [0.4, 0.5) is 5.82 Å². The average Bonchev–Trinajstić information content (AvgIpc) is 2.85. The van der Waals surface area contributed by atoms with Crippen molar-refractivity contribution in [2.45, 2.75) is 19.3 Å². The molecule has 0 radical (unpaired) electrons. The maximum absolute atomic E-state index is 6.23. The minimum Gasteiger partial charge on any atom is -0.497 e. The lowest BCUT2D eigenvalue weighted by atomic mass is 10.0. The van der Waals surface area contributed by atoms with Gasteiger partial charge in [0.2, 0.25) is 0 Å². The molecule has 0 atom stereocenters. The van der Waals surface area contributed by atoms with Crippen molar-refractivity contribution in [3.05, 3.63) is 58.1 Å². The van der Waals surface area contributed by atoms with E-state index in [0.717, 1.165) is 54.3 Å². The second kappa shape index (κ2) is 7.22. The number of ether oxygens (including phenoxy) is 1. The number of benzene rings is 2. The lowest BCUT2D eigenvalue weighted by Crippen LogP contribution is -2.07. The third kappa shape index (κ3) is 3.15. The molecule has 0 saturated heterocycles. The molecule has 1 aromatic heterocycles. The van der Waals surface area contributed by atoms with E-state index in [-0.39, 0.29) is 0 Å². The lowest BCUT2D eigenvalue weighted by Gasteiger charge is -2.10. The molecular formula is C20H19Cl2N3O. The van der Waals surface area contributed by atoms with Gasteiger partial charge in [-0.3, -0.25) is 0 Å². The van der Waals surface area contributed by atoms with Crippen molar-refractivity contribution in [3.63, 3.8) is 0 Å². The molecule has 1 N–H and O–H groups in total. The Morgan fingerprint density at radius 2 is 1.85 bits per heavy atom. The van der Waals surface area contributed by atoms with Crippen molar-refractivity contribution in [2.75, 3.05) is 19.0 Å². The van der Waals surface area contributed by atoms with Gasteiger partial charge in [0.1, 0.15) is 11.6 Å². The third-order valence-corrected chi connectivity index (χ3v) is 5.38. The second-order valence-corrected chi connectivity index (χ2v) is 7.11. The fourth-order valence-corrected chi connectivity index (χ4v) is 3.58. The summed E-state index contributed by atoms with van der Waals surface area (Å²) in [5, 5.41) is 9.51. The van der Waals surface area contributed by atoms with Crippen molar-refractivity contribution in [2.24, 2.45) is 0 Å². The van der Waals surface area contributed by atoms with E-state index in [9.17, 15) is 0 Å². The number of nitrogens with zero attached hydrogens (tertiary/aromatic N) is 2. The predicted octanol–water partition coefficient (Wildman–Crippen LogP) is 5.60. The first-order valence-corrected chi connectivity index (χ1v) is 9.38. The summed E-state index contributed by atoms with van der Waals surface area (Å²) in [5.74, 6) is 1.87. The summed E-state index contributed by atoms with van der Waals surface area (Å²) in [6.45, 7) is 0.933. The number of halogens is 2. The molecule has 1 aliphatic heterocycles. The summed E-state index contributed by atoms with van der Waals surface area (Å²) in [6.07, 6.45) is 3.26. The molecular weight excluding hydrogens is 369 g/mol. The van der Waals surface area contributed by atoms with Crippen LogP contribution >= 0.6 is 23.2 Å². The zero-order valence-electron chi connectivity index (χ0n) is 14.4. The van der Waals surface area contributed by atoms with E-state index in [1.807, 2.05) is 41.1 Å². The Kier molecular flexibility index (Phi) is 4.79. The van der Waals surface area contributed by atoms with Crippen LogP contribution in [0.3, 0.4) is 0 Å². The van der Waals surface area contributed by atoms with Gasteiger partial charge in [-0.25, -0.2) is 4.68 Å². The van der Waals surface area contributed by atoms with Crippen LogP contribution in [0.5, 0.6) is 5.75 Å². The summed E-state index contributed by atoms with van der Waals surface area (Å²) in [4.78, 5) is 0. The van der Waals surface area contributed by atoms with Gasteiger partial charge in [0, 0.05) is 17.7 Å². The van der Waals surface area contributed by atoms with E-state index in [4.69, 9.17) is 33.0 Å². The average molecular weight is 388 g/mol. The van der Waals surface area contributed by atoms with E-state index in [1.165, 1.54) is 5.56 Å². The highest BCUT2D eigenvalue weighted by Crippen LogP contribution is 2.35. The highest BCUT2D eigenvalue weighted by atomic mass is 35.5. The van der Waals surface area contributed by atoms with Crippen LogP contribution < -0.4 is 10.1 Å². The van der Waals surface area contributed by atoms with Crippen LogP contribution in [0.2, 0.25) is 10.0 Å². The molecule has 26 heavy (non-hydrogen) atoms. The largest absolute Gasteiger partial charge is 0.497 e. The number of hydrogen-bond donors (Lipinski definition) is 1. The number of aromatic nitrogens is 2. The summed E-state index contributed by atoms with van der Waals surface area (Å²) >= 11 is 12.3. The van der Waals surface area contributed by atoms with Crippen molar-refractivity contribution in [3.8, 4) is 22.7 Å². The molecule has 0 bridgehead atoms. The molecule has 4 rings (SSSR count). The first-order chi connectivity index (χ1) is 12.7. The Morgan fingerprint density at radius 1 is 1.04 bits per heavy atom. The van der Waals surface area contributed by atoms with Crippen molar-refractivity contribution >= 4 is 29.0 Å². The number of hydrogen-bond acceptors (Lipinski definition) is 3.